The summed E-state index contributed by atoms with van der Waals surface area (Å²) in [6, 6.07) is 0.796. The van der Waals surface area contributed by atoms with E-state index >= 15 is 0 Å². The predicted octanol–water partition coefficient (Wildman–Crippen LogP) is 0.228. The average Bonchev–Trinajstić information content (AvgIpc) is 3.13. The summed E-state index contributed by atoms with van der Waals surface area (Å²) in [6.45, 7) is 0.392. The molecule has 0 spiro atoms. The number of fused-ring (bicyclic) bond motifs is 2. The number of amides is 1. The van der Waals surface area contributed by atoms with Crippen LogP contribution in [0.4, 0.5) is 13.2 Å². The van der Waals surface area contributed by atoms with Gasteiger partial charge in [0.2, 0.25) is 5.91 Å². The molecule has 2 fully saturated rings. The number of carbonyl (C=O) groups excluding carboxylic acids is 1. The van der Waals surface area contributed by atoms with E-state index in [4.69, 9.17) is 10.9 Å². The first-order valence-electron chi connectivity index (χ1n) is 9.28. The Labute approximate surface area is 166 Å². The van der Waals surface area contributed by atoms with Crippen molar-refractivity contribution in [1.82, 2.24) is 14.2 Å². The maximum absolute atomic E-state index is 13.5. The lowest BCUT2D eigenvalue weighted by molar-refractivity contribution is -0.143. The van der Waals surface area contributed by atoms with Crippen molar-refractivity contribution in [1.29, 1.82) is 0 Å². The number of alkyl halides is 3. The normalized spacial score (nSPS) is 30.3. The smallest absolute Gasteiger partial charge is 0.337 e. The van der Waals surface area contributed by atoms with E-state index < -0.39 is 27.4 Å². The van der Waals surface area contributed by atoms with E-state index in [1.54, 1.807) is 0 Å². The van der Waals surface area contributed by atoms with Gasteiger partial charge in [-0.2, -0.15) is 25.9 Å². The lowest BCUT2D eigenvalue weighted by Gasteiger charge is -2.37. The lowest BCUT2D eigenvalue weighted by atomic mass is 9.78. The van der Waals surface area contributed by atoms with Crippen LogP contribution in [0.2, 0.25) is 0 Å². The molecule has 0 aromatic carbocycles. The second-order valence-electron chi connectivity index (χ2n) is 8.19. The molecule has 1 amide bonds. The molecule has 1 saturated carbocycles. The van der Waals surface area contributed by atoms with Crippen molar-refractivity contribution in [2.75, 3.05) is 19.6 Å². The number of carbonyl (C=O) groups is 1. The first-order valence-corrected chi connectivity index (χ1v) is 10.8. The fourth-order valence-corrected chi connectivity index (χ4v) is 5.77. The molecule has 12 heteroatoms. The summed E-state index contributed by atoms with van der Waals surface area (Å²) in [5.41, 5.74) is 5.12. The molecule has 0 bridgehead atoms. The number of rotatable bonds is 2. The highest BCUT2D eigenvalue weighted by Gasteiger charge is 2.59. The van der Waals surface area contributed by atoms with Crippen LogP contribution in [-0.2, 0) is 34.1 Å². The van der Waals surface area contributed by atoms with E-state index in [0.29, 0.717) is 37.1 Å². The zero-order valence-electron chi connectivity index (χ0n) is 15.5. The Hall–Kier alpha value is -1.76. The first kappa shape index (κ1) is 20.5. The van der Waals surface area contributed by atoms with Crippen LogP contribution in [0, 0.1) is 11.3 Å². The summed E-state index contributed by atoms with van der Waals surface area (Å²) in [4.78, 5) is 18.9. The molecule has 2 aliphatic heterocycles. The van der Waals surface area contributed by atoms with Gasteiger partial charge in [0.1, 0.15) is 0 Å². The van der Waals surface area contributed by atoms with Gasteiger partial charge in [0.25, 0.3) is 10.2 Å². The van der Waals surface area contributed by atoms with Crippen molar-refractivity contribution in [2.24, 2.45) is 22.2 Å². The van der Waals surface area contributed by atoms with Crippen molar-refractivity contribution in [2.45, 2.75) is 38.0 Å². The zero-order valence-corrected chi connectivity index (χ0v) is 16.3. The maximum Gasteiger partial charge on any atom is 0.417 e. The van der Waals surface area contributed by atoms with E-state index in [2.05, 4.69) is 4.98 Å². The Bertz CT molecular complexity index is 954. The second-order valence-corrected chi connectivity index (χ2v) is 9.74. The molecule has 8 nitrogen and oxygen atoms in total. The molecule has 3 atom stereocenters. The van der Waals surface area contributed by atoms with Gasteiger partial charge in [-0.1, -0.05) is 0 Å². The number of hydrogen-bond donors (Lipinski definition) is 2. The number of hydrogen-bond acceptors (Lipinski definition) is 5. The predicted molar refractivity (Wildman–Crippen MR) is 96.2 cm³/mol. The van der Waals surface area contributed by atoms with E-state index in [9.17, 15) is 26.4 Å². The number of halogens is 3. The fraction of sp³-hybridized carbons (Fsp3) is 0.647. The van der Waals surface area contributed by atoms with E-state index in [1.807, 2.05) is 0 Å². The van der Waals surface area contributed by atoms with Gasteiger partial charge in [0.15, 0.2) is 0 Å². The Morgan fingerprint density at radius 3 is 2.72 bits per heavy atom. The molecule has 160 valence electrons. The highest BCUT2D eigenvalue weighted by molar-refractivity contribution is 7.86. The van der Waals surface area contributed by atoms with Gasteiger partial charge in [-0.3, -0.25) is 9.78 Å². The molecule has 1 aromatic heterocycles. The van der Waals surface area contributed by atoms with Crippen LogP contribution in [0.15, 0.2) is 12.3 Å². The number of nitrogens with zero attached hydrogens (tertiary/aromatic N) is 3. The monoisotopic (exact) mass is 433 g/mol. The third-order valence-corrected chi connectivity index (χ3v) is 7.32. The number of nitrogens with two attached hydrogens (primary N) is 2. The quantitative estimate of drug-likeness (QED) is 0.691. The standard InChI is InChI=1S/C17H22F3N5O3S/c18-17(19,20)11-3-10-7-24(2-1-14(10)23-6-11)15(26)16-5-13(21)4-12(16)8-25(9-16)29(22,27)28/h3,6,12-13H,1-2,4-5,7-9,21H2,(H2,22,27,28)/t12-,13+,16-/m0/s1. The van der Waals surface area contributed by atoms with Crippen LogP contribution in [0.25, 0.3) is 0 Å². The summed E-state index contributed by atoms with van der Waals surface area (Å²) in [7, 11) is -3.95. The van der Waals surface area contributed by atoms with E-state index in [1.165, 1.54) is 4.90 Å². The Morgan fingerprint density at radius 1 is 1.34 bits per heavy atom. The Morgan fingerprint density at radius 2 is 2.07 bits per heavy atom. The van der Waals surface area contributed by atoms with Crippen molar-refractivity contribution in [3.63, 3.8) is 0 Å². The van der Waals surface area contributed by atoms with E-state index in [-0.39, 0.29) is 37.5 Å². The molecule has 1 aromatic rings. The topological polar surface area (TPSA) is 123 Å². The zero-order chi connectivity index (χ0) is 21.2. The van der Waals surface area contributed by atoms with Crippen molar-refractivity contribution in [3.05, 3.63) is 29.1 Å². The first-order chi connectivity index (χ1) is 13.4. The van der Waals surface area contributed by atoms with Gasteiger partial charge in [-0.25, -0.2) is 5.14 Å². The second kappa shape index (κ2) is 6.62. The number of aromatic nitrogens is 1. The van der Waals surface area contributed by atoms with Gasteiger partial charge in [-0.05, 0) is 30.4 Å². The van der Waals surface area contributed by atoms with Gasteiger partial charge in [0.05, 0.1) is 11.0 Å². The minimum Gasteiger partial charge on any atom is -0.337 e. The molecule has 3 aliphatic rings. The van der Waals surface area contributed by atoms with Crippen molar-refractivity contribution in [3.8, 4) is 0 Å². The van der Waals surface area contributed by atoms with Crippen molar-refractivity contribution >= 4 is 16.1 Å². The fourth-order valence-electron chi connectivity index (χ4n) is 4.97. The Balaban J connectivity index is 1.61. The molecule has 0 unspecified atom stereocenters. The molecule has 4 N–H and O–H groups in total. The van der Waals surface area contributed by atoms with Crippen molar-refractivity contribution < 1.29 is 26.4 Å². The van der Waals surface area contributed by atoms with Crippen LogP contribution in [0.5, 0.6) is 0 Å². The van der Waals surface area contributed by atoms with Gasteiger partial charge in [0, 0.05) is 50.5 Å². The summed E-state index contributed by atoms with van der Waals surface area (Å²) >= 11 is 0. The van der Waals surface area contributed by atoms with Gasteiger partial charge >= 0.3 is 6.18 Å². The average molecular weight is 433 g/mol. The molecular weight excluding hydrogens is 411 g/mol. The molecule has 4 rings (SSSR count). The maximum atomic E-state index is 13.5. The largest absolute Gasteiger partial charge is 0.417 e. The molecular formula is C17H22F3N5O3S. The minimum absolute atomic E-state index is 0.00414. The molecule has 3 heterocycles. The van der Waals surface area contributed by atoms with Gasteiger partial charge in [-0.15, -0.1) is 0 Å². The Kier molecular flexibility index (Phi) is 4.68. The minimum atomic E-state index is -4.52. The number of pyridine rings is 1. The van der Waals surface area contributed by atoms with Crippen LogP contribution in [0.3, 0.4) is 0 Å². The van der Waals surface area contributed by atoms with Crippen LogP contribution in [0.1, 0.15) is 29.7 Å². The highest BCUT2D eigenvalue weighted by atomic mass is 32.2. The third-order valence-electron chi connectivity index (χ3n) is 6.32. The summed E-state index contributed by atoms with van der Waals surface area (Å²) in [5, 5.41) is 5.26. The highest BCUT2D eigenvalue weighted by Crippen LogP contribution is 2.50. The van der Waals surface area contributed by atoms with Crippen LogP contribution >= 0.6 is 0 Å². The lowest BCUT2D eigenvalue weighted by Crippen LogP contribution is -2.49. The van der Waals surface area contributed by atoms with Crippen LogP contribution in [-0.4, -0.2) is 54.2 Å². The van der Waals surface area contributed by atoms with Crippen LogP contribution < -0.4 is 10.9 Å². The third kappa shape index (κ3) is 3.51. The molecule has 1 saturated heterocycles. The van der Waals surface area contributed by atoms with Gasteiger partial charge < -0.3 is 10.6 Å². The molecule has 1 aliphatic carbocycles. The SMILES string of the molecule is N[C@@H]1C[C@H]2CN(S(N)(=O)=O)C[C@@]2(C(=O)N2CCc3ncc(C(F)(F)F)cc3C2)C1. The summed E-state index contributed by atoms with van der Waals surface area (Å²) in [5.74, 6) is -0.533. The summed E-state index contributed by atoms with van der Waals surface area (Å²) < 4.78 is 63.8. The summed E-state index contributed by atoms with van der Waals surface area (Å²) in [6.07, 6.45) is -2.54. The molecule has 0 radical (unpaired) electrons. The van der Waals surface area contributed by atoms with E-state index in [0.717, 1.165) is 16.6 Å². The molecule has 29 heavy (non-hydrogen) atoms.